The van der Waals surface area contributed by atoms with Crippen LogP contribution in [-0.4, -0.2) is 41.9 Å². The summed E-state index contributed by atoms with van der Waals surface area (Å²) in [4.78, 5) is 37.8. The number of ether oxygens (including phenoxy) is 1. The van der Waals surface area contributed by atoms with E-state index >= 15 is 0 Å². The van der Waals surface area contributed by atoms with Crippen molar-refractivity contribution in [2.75, 3.05) is 6.61 Å². The van der Waals surface area contributed by atoms with Gasteiger partial charge in [0.2, 0.25) is 5.91 Å². The van der Waals surface area contributed by atoms with Gasteiger partial charge in [-0.15, -0.1) is 0 Å². The molecule has 0 bridgehead atoms. The van der Waals surface area contributed by atoms with Crippen LogP contribution in [0.3, 0.4) is 0 Å². The van der Waals surface area contributed by atoms with Crippen molar-refractivity contribution in [3.63, 3.8) is 0 Å². The third-order valence-electron chi connectivity index (χ3n) is 5.94. The van der Waals surface area contributed by atoms with Gasteiger partial charge in [0.05, 0.1) is 11.7 Å². The van der Waals surface area contributed by atoms with Gasteiger partial charge in [0, 0.05) is 5.38 Å². The minimum atomic E-state index is -1.05. The molecule has 0 radical (unpaired) electrons. The van der Waals surface area contributed by atoms with Crippen molar-refractivity contribution in [1.29, 1.82) is 0 Å². The lowest BCUT2D eigenvalue weighted by molar-refractivity contribution is -0.131. The SMILES string of the molecule is CC1OCC(=O)C1(C)NC(=O)C(CC1CCCCC1)NC(=O)c1ccsc1. The largest absolute Gasteiger partial charge is 0.368 e. The number of thiophene rings is 1. The predicted octanol–water partition coefficient (Wildman–Crippen LogP) is 2.68. The van der Waals surface area contributed by atoms with Crippen molar-refractivity contribution in [3.8, 4) is 0 Å². The molecule has 3 atom stereocenters. The van der Waals surface area contributed by atoms with Crippen LogP contribution in [-0.2, 0) is 14.3 Å². The van der Waals surface area contributed by atoms with Gasteiger partial charge in [-0.2, -0.15) is 11.3 Å². The van der Waals surface area contributed by atoms with Crippen LogP contribution < -0.4 is 10.6 Å². The Morgan fingerprint density at radius 1 is 1.33 bits per heavy atom. The van der Waals surface area contributed by atoms with E-state index in [0.717, 1.165) is 12.8 Å². The second-order valence-corrected chi connectivity index (χ2v) is 8.63. The van der Waals surface area contributed by atoms with Gasteiger partial charge in [-0.1, -0.05) is 32.1 Å². The molecule has 1 aromatic heterocycles. The van der Waals surface area contributed by atoms with Crippen molar-refractivity contribution in [1.82, 2.24) is 10.6 Å². The number of hydrogen-bond donors (Lipinski definition) is 2. The Bertz CT molecular complexity index is 684. The lowest BCUT2D eigenvalue weighted by Gasteiger charge is -2.31. The molecule has 1 saturated heterocycles. The van der Waals surface area contributed by atoms with Crippen LogP contribution in [0.5, 0.6) is 0 Å². The molecular weight excluding hydrogens is 364 g/mol. The van der Waals surface area contributed by atoms with Crippen molar-refractivity contribution in [2.45, 2.75) is 70.1 Å². The molecule has 0 spiro atoms. The molecule has 1 saturated carbocycles. The molecule has 3 unspecified atom stereocenters. The summed E-state index contributed by atoms with van der Waals surface area (Å²) in [5, 5.41) is 9.36. The molecule has 1 aromatic rings. The molecular formula is C20H28N2O4S. The van der Waals surface area contributed by atoms with Gasteiger partial charge in [0.1, 0.15) is 18.2 Å². The van der Waals surface area contributed by atoms with E-state index in [2.05, 4.69) is 10.6 Å². The number of amides is 2. The fourth-order valence-corrected chi connectivity index (χ4v) is 4.52. The van der Waals surface area contributed by atoms with E-state index in [9.17, 15) is 14.4 Å². The molecule has 2 aliphatic rings. The maximum Gasteiger partial charge on any atom is 0.252 e. The van der Waals surface area contributed by atoms with Crippen molar-refractivity contribution in [3.05, 3.63) is 22.4 Å². The van der Waals surface area contributed by atoms with Gasteiger partial charge in [-0.05, 0) is 37.6 Å². The van der Waals surface area contributed by atoms with E-state index in [4.69, 9.17) is 4.74 Å². The molecule has 2 fully saturated rings. The summed E-state index contributed by atoms with van der Waals surface area (Å²) < 4.78 is 5.40. The topological polar surface area (TPSA) is 84.5 Å². The van der Waals surface area contributed by atoms with Crippen LogP contribution >= 0.6 is 11.3 Å². The summed E-state index contributed by atoms with van der Waals surface area (Å²) in [6.07, 6.45) is 5.92. The van der Waals surface area contributed by atoms with Crippen molar-refractivity contribution in [2.24, 2.45) is 5.92 Å². The summed E-state index contributed by atoms with van der Waals surface area (Å²) in [7, 11) is 0. The summed E-state index contributed by atoms with van der Waals surface area (Å²) >= 11 is 1.44. The molecule has 2 heterocycles. The van der Waals surface area contributed by atoms with Crippen LogP contribution in [0.25, 0.3) is 0 Å². The summed E-state index contributed by atoms with van der Waals surface area (Å²) in [6.45, 7) is 3.49. The minimum absolute atomic E-state index is 0.00645. The van der Waals surface area contributed by atoms with Gasteiger partial charge < -0.3 is 15.4 Å². The van der Waals surface area contributed by atoms with E-state index in [1.807, 2.05) is 5.38 Å². The van der Waals surface area contributed by atoms with Gasteiger partial charge in [-0.25, -0.2) is 0 Å². The van der Waals surface area contributed by atoms with Crippen molar-refractivity contribution < 1.29 is 19.1 Å². The average Bonchev–Trinajstić information content (AvgIpc) is 3.27. The van der Waals surface area contributed by atoms with Gasteiger partial charge in [0.15, 0.2) is 5.78 Å². The van der Waals surface area contributed by atoms with Crippen LogP contribution in [0.15, 0.2) is 16.8 Å². The normalized spacial score (nSPS) is 27.3. The molecule has 27 heavy (non-hydrogen) atoms. The van der Waals surface area contributed by atoms with Crippen LogP contribution in [0.4, 0.5) is 0 Å². The highest BCUT2D eigenvalue weighted by atomic mass is 32.1. The number of Topliss-reactive ketones (excluding diaryl/α,β-unsaturated/α-hetero) is 1. The number of nitrogens with one attached hydrogen (secondary N) is 2. The number of rotatable bonds is 6. The molecule has 7 heteroatoms. The fourth-order valence-electron chi connectivity index (χ4n) is 3.88. The Morgan fingerprint density at radius 2 is 2.07 bits per heavy atom. The standard InChI is InChI=1S/C20H28N2O4S/c1-13-20(2,17(23)11-26-13)22-19(25)16(10-14-6-4-3-5-7-14)21-18(24)15-8-9-27-12-15/h8-9,12-14,16H,3-7,10-11H2,1-2H3,(H,21,24)(H,22,25). The second-order valence-electron chi connectivity index (χ2n) is 7.85. The molecule has 3 rings (SSSR count). The van der Waals surface area contributed by atoms with Gasteiger partial charge >= 0.3 is 0 Å². The molecule has 1 aliphatic carbocycles. The first kappa shape index (κ1) is 20.0. The predicted molar refractivity (Wildman–Crippen MR) is 104 cm³/mol. The highest BCUT2D eigenvalue weighted by Gasteiger charge is 2.47. The summed E-state index contributed by atoms with van der Waals surface area (Å²) in [5.41, 5.74) is -0.490. The third-order valence-corrected chi connectivity index (χ3v) is 6.62. The van der Waals surface area contributed by atoms with Crippen LogP contribution in [0, 0.1) is 5.92 Å². The molecule has 0 aromatic carbocycles. The molecule has 1 aliphatic heterocycles. The number of carbonyl (C=O) groups excluding carboxylic acids is 3. The zero-order valence-electron chi connectivity index (χ0n) is 16.0. The Hall–Kier alpha value is -1.73. The lowest BCUT2D eigenvalue weighted by atomic mass is 9.84. The Balaban J connectivity index is 1.72. The van der Waals surface area contributed by atoms with E-state index in [0.29, 0.717) is 17.9 Å². The monoisotopic (exact) mass is 392 g/mol. The minimum Gasteiger partial charge on any atom is -0.368 e. The van der Waals surface area contributed by atoms with Crippen LogP contribution in [0.2, 0.25) is 0 Å². The molecule has 148 valence electrons. The maximum absolute atomic E-state index is 13.0. The maximum atomic E-state index is 13.0. The lowest BCUT2D eigenvalue weighted by Crippen LogP contribution is -2.60. The molecule has 6 nitrogen and oxygen atoms in total. The Labute approximate surface area is 164 Å². The summed E-state index contributed by atoms with van der Waals surface area (Å²) in [6, 6.07) is 1.09. The highest BCUT2D eigenvalue weighted by molar-refractivity contribution is 7.08. The quantitative estimate of drug-likeness (QED) is 0.780. The van der Waals surface area contributed by atoms with E-state index < -0.39 is 17.7 Å². The highest BCUT2D eigenvalue weighted by Crippen LogP contribution is 2.28. The van der Waals surface area contributed by atoms with E-state index in [1.54, 1.807) is 25.3 Å². The number of hydrogen-bond acceptors (Lipinski definition) is 5. The number of carbonyl (C=O) groups is 3. The van der Waals surface area contributed by atoms with Gasteiger partial charge in [0.25, 0.3) is 5.91 Å². The smallest absolute Gasteiger partial charge is 0.252 e. The van der Waals surface area contributed by atoms with Crippen LogP contribution in [0.1, 0.15) is 62.7 Å². The van der Waals surface area contributed by atoms with Crippen molar-refractivity contribution >= 4 is 28.9 Å². The van der Waals surface area contributed by atoms with E-state index in [1.165, 1.54) is 30.6 Å². The van der Waals surface area contributed by atoms with E-state index in [-0.39, 0.29) is 24.2 Å². The summed E-state index contributed by atoms with van der Waals surface area (Å²) in [5.74, 6) is -0.279. The first-order valence-corrected chi connectivity index (χ1v) is 10.6. The third kappa shape index (κ3) is 4.58. The zero-order chi connectivity index (χ0) is 19.4. The molecule has 2 N–H and O–H groups in total. The number of ketones is 1. The second kappa shape index (κ2) is 8.52. The average molecular weight is 393 g/mol. The Kier molecular flexibility index (Phi) is 6.32. The van der Waals surface area contributed by atoms with Gasteiger partial charge in [-0.3, -0.25) is 14.4 Å². The Morgan fingerprint density at radius 3 is 2.67 bits per heavy atom. The zero-order valence-corrected chi connectivity index (χ0v) is 16.8. The first-order valence-electron chi connectivity index (χ1n) is 9.70. The fraction of sp³-hybridized carbons (Fsp3) is 0.650. The first-order chi connectivity index (χ1) is 12.9. The molecule has 2 amide bonds.